The summed E-state index contributed by atoms with van der Waals surface area (Å²) in [6.07, 6.45) is 0.906. The minimum absolute atomic E-state index is 0.680. The topological polar surface area (TPSA) is 17.1 Å². The van der Waals surface area contributed by atoms with Crippen molar-refractivity contribution in [2.45, 2.75) is 22.0 Å². The van der Waals surface area contributed by atoms with Crippen LogP contribution in [0.5, 0.6) is 0 Å². The number of rotatable bonds is 1. The molecule has 0 radical (unpaired) electrons. The Kier molecular flexibility index (Phi) is 2.65. The van der Waals surface area contributed by atoms with Crippen LogP contribution in [0.3, 0.4) is 0 Å². The van der Waals surface area contributed by atoms with Gasteiger partial charge < -0.3 is 0 Å². The summed E-state index contributed by atoms with van der Waals surface area (Å²) in [5.41, 5.74) is 0.779. The number of hydrogen-bond donors (Lipinski definition) is 0. The van der Waals surface area contributed by atoms with Gasteiger partial charge in [0.25, 0.3) is 0 Å². The molecule has 0 amide bonds. The molecule has 1 nitrogen and oxygen atoms in total. The lowest BCUT2D eigenvalue weighted by Crippen LogP contribution is -2.05. The minimum Gasteiger partial charge on any atom is -0.298 e. The molecule has 0 aromatic heterocycles. The molecule has 0 N–H and O–H groups in total. The number of carbonyl (C=O) groups excluding carboxylic acids is 1. The van der Waals surface area contributed by atoms with Gasteiger partial charge in [-0.05, 0) is 12.1 Å². The van der Waals surface area contributed by atoms with Crippen LogP contribution in [0.1, 0.15) is 17.3 Å². The van der Waals surface area contributed by atoms with Gasteiger partial charge in [0.2, 0.25) is 0 Å². The second-order valence-electron chi connectivity index (χ2n) is 3.06. The zero-order valence-corrected chi connectivity index (χ0v) is 8.95. The van der Waals surface area contributed by atoms with Gasteiger partial charge in [-0.15, -0.1) is 23.5 Å². The number of hydrogen-bond acceptors (Lipinski definition) is 3. The van der Waals surface area contributed by atoms with E-state index in [-0.39, 0.29) is 0 Å². The highest BCUT2D eigenvalue weighted by atomic mass is 32.2. The number of aldehydes is 1. The van der Waals surface area contributed by atoms with Crippen molar-refractivity contribution >= 4 is 29.8 Å². The summed E-state index contributed by atoms with van der Waals surface area (Å²) in [4.78, 5) is 13.1. The monoisotopic (exact) mass is 210 g/mol. The summed E-state index contributed by atoms with van der Waals surface area (Å²) >= 11 is 3.74. The lowest BCUT2D eigenvalue weighted by Gasteiger charge is -2.20. The van der Waals surface area contributed by atoms with E-state index >= 15 is 0 Å². The normalized spacial score (nSPS) is 20.8. The summed E-state index contributed by atoms with van der Waals surface area (Å²) in [5.74, 6) is 1.14. The largest absolute Gasteiger partial charge is 0.298 e. The molecule has 0 bridgehead atoms. The Morgan fingerprint density at radius 3 is 3.08 bits per heavy atom. The van der Waals surface area contributed by atoms with Crippen LogP contribution in [-0.2, 0) is 0 Å². The molecule has 13 heavy (non-hydrogen) atoms. The third-order valence-corrected chi connectivity index (χ3v) is 4.74. The van der Waals surface area contributed by atoms with Gasteiger partial charge in [-0.1, -0.05) is 13.0 Å². The Bertz CT molecular complexity index is 336. The van der Waals surface area contributed by atoms with Crippen LogP contribution in [0, 0.1) is 0 Å². The van der Waals surface area contributed by atoms with Crippen molar-refractivity contribution in [3.63, 3.8) is 0 Å². The predicted octanol–water partition coefficient (Wildman–Crippen LogP) is 3.09. The van der Waals surface area contributed by atoms with Gasteiger partial charge in [0.05, 0.1) is 0 Å². The van der Waals surface area contributed by atoms with Crippen molar-refractivity contribution in [3.8, 4) is 0 Å². The summed E-state index contributed by atoms with van der Waals surface area (Å²) in [7, 11) is 0. The highest BCUT2D eigenvalue weighted by Gasteiger charge is 2.15. The van der Waals surface area contributed by atoms with Crippen molar-refractivity contribution in [1.82, 2.24) is 0 Å². The number of benzene rings is 1. The van der Waals surface area contributed by atoms with Gasteiger partial charge in [0.1, 0.15) is 6.29 Å². The Morgan fingerprint density at radius 2 is 2.31 bits per heavy atom. The molecule has 0 aliphatic carbocycles. The van der Waals surface area contributed by atoms with Gasteiger partial charge in [-0.25, -0.2) is 0 Å². The highest BCUT2D eigenvalue weighted by molar-refractivity contribution is 8.06. The SMILES string of the molecule is CC1CSc2cc(C=O)ccc2S1. The molecule has 3 heteroatoms. The van der Waals surface area contributed by atoms with E-state index in [4.69, 9.17) is 0 Å². The molecule has 0 spiro atoms. The fourth-order valence-corrected chi connectivity index (χ4v) is 3.66. The van der Waals surface area contributed by atoms with E-state index in [0.717, 1.165) is 17.6 Å². The third-order valence-electron chi connectivity index (χ3n) is 1.91. The smallest absolute Gasteiger partial charge is 0.150 e. The first kappa shape index (κ1) is 9.16. The molecule has 1 heterocycles. The molecule has 0 saturated carbocycles. The van der Waals surface area contributed by atoms with Crippen molar-refractivity contribution in [1.29, 1.82) is 0 Å². The average Bonchev–Trinajstić information content (AvgIpc) is 2.17. The number of thioether (sulfide) groups is 2. The maximum Gasteiger partial charge on any atom is 0.150 e. The third kappa shape index (κ3) is 1.92. The first-order valence-electron chi connectivity index (χ1n) is 4.18. The Hall–Kier alpha value is -0.410. The molecule has 0 saturated heterocycles. The van der Waals surface area contributed by atoms with E-state index in [2.05, 4.69) is 6.92 Å². The molecule has 1 aromatic carbocycles. The van der Waals surface area contributed by atoms with E-state index < -0.39 is 0 Å². The summed E-state index contributed by atoms with van der Waals surface area (Å²) in [5, 5.41) is 0.680. The summed E-state index contributed by atoms with van der Waals surface area (Å²) in [6.45, 7) is 2.23. The molecule has 2 rings (SSSR count). The Morgan fingerprint density at radius 1 is 1.46 bits per heavy atom. The molecule has 68 valence electrons. The van der Waals surface area contributed by atoms with Gasteiger partial charge in [0, 0.05) is 26.4 Å². The van der Waals surface area contributed by atoms with Crippen LogP contribution in [-0.4, -0.2) is 17.3 Å². The molecule has 1 aromatic rings. The van der Waals surface area contributed by atoms with Crippen molar-refractivity contribution in [2.75, 3.05) is 5.75 Å². The lowest BCUT2D eigenvalue weighted by molar-refractivity contribution is 0.112. The Balaban J connectivity index is 2.36. The van der Waals surface area contributed by atoms with Crippen LogP contribution in [0.15, 0.2) is 28.0 Å². The second-order valence-corrected chi connectivity index (χ2v) is 5.61. The predicted molar refractivity (Wildman–Crippen MR) is 57.9 cm³/mol. The van der Waals surface area contributed by atoms with Gasteiger partial charge in [0.15, 0.2) is 0 Å². The molecular weight excluding hydrogens is 200 g/mol. The van der Waals surface area contributed by atoms with Crippen molar-refractivity contribution in [2.24, 2.45) is 0 Å². The summed E-state index contributed by atoms with van der Waals surface area (Å²) in [6, 6.07) is 5.91. The van der Waals surface area contributed by atoms with Crippen LogP contribution < -0.4 is 0 Å². The van der Waals surface area contributed by atoms with E-state index in [0.29, 0.717) is 5.25 Å². The van der Waals surface area contributed by atoms with Crippen LogP contribution in [0.4, 0.5) is 0 Å². The fourth-order valence-electron chi connectivity index (χ4n) is 1.27. The van der Waals surface area contributed by atoms with E-state index in [1.165, 1.54) is 9.79 Å². The standard InChI is InChI=1S/C10H10OS2/c1-7-6-12-10-4-8(5-11)2-3-9(10)13-7/h2-5,7H,6H2,1H3. The maximum atomic E-state index is 10.5. The molecule has 1 atom stereocenters. The molecule has 1 unspecified atom stereocenters. The van der Waals surface area contributed by atoms with Gasteiger partial charge in [-0.2, -0.15) is 0 Å². The van der Waals surface area contributed by atoms with E-state index in [1.54, 1.807) is 0 Å². The first-order chi connectivity index (χ1) is 6.29. The van der Waals surface area contributed by atoms with Crippen LogP contribution in [0.2, 0.25) is 0 Å². The molecular formula is C10H10OS2. The number of carbonyl (C=O) groups is 1. The summed E-state index contributed by atoms with van der Waals surface area (Å²) < 4.78 is 0. The van der Waals surface area contributed by atoms with Crippen LogP contribution >= 0.6 is 23.5 Å². The van der Waals surface area contributed by atoms with Crippen molar-refractivity contribution < 1.29 is 4.79 Å². The van der Waals surface area contributed by atoms with E-state index in [1.807, 2.05) is 41.7 Å². The number of fused-ring (bicyclic) bond motifs is 1. The second kappa shape index (κ2) is 3.76. The van der Waals surface area contributed by atoms with Crippen LogP contribution in [0.25, 0.3) is 0 Å². The fraction of sp³-hybridized carbons (Fsp3) is 0.300. The van der Waals surface area contributed by atoms with Gasteiger partial charge >= 0.3 is 0 Å². The minimum atomic E-state index is 0.680. The average molecular weight is 210 g/mol. The van der Waals surface area contributed by atoms with E-state index in [9.17, 15) is 4.79 Å². The molecule has 1 aliphatic heterocycles. The van der Waals surface area contributed by atoms with Crippen molar-refractivity contribution in [3.05, 3.63) is 23.8 Å². The zero-order chi connectivity index (χ0) is 9.26. The Labute approximate surface area is 86.3 Å². The highest BCUT2D eigenvalue weighted by Crippen LogP contribution is 2.40. The zero-order valence-electron chi connectivity index (χ0n) is 7.32. The molecule has 1 aliphatic rings. The quantitative estimate of drug-likeness (QED) is 0.663. The lowest BCUT2D eigenvalue weighted by atomic mass is 10.2. The maximum absolute atomic E-state index is 10.5. The first-order valence-corrected chi connectivity index (χ1v) is 6.05. The van der Waals surface area contributed by atoms with Gasteiger partial charge in [-0.3, -0.25) is 4.79 Å². The molecule has 0 fully saturated rings.